The number of nitrogens with one attached hydrogen (secondary N) is 1. The summed E-state index contributed by atoms with van der Waals surface area (Å²) in [4.78, 5) is 27.8. The van der Waals surface area contributed by atoms with Gasteiger partial charge in [-0.05, 0) is 65.2 Å². The molecule has 0 aliphatic carbocycles. The second-order valence-electron chi connectivity index (χ2n) is 12.1. The van der Waals surface area contributed by atoms with E-state index in [4.69, 9.17) is 14.0 Å². The van der Waals surface area contributed by atoms with Gasteiger partial charge in [0.05, 0.1) is 36.8 Å². The van der Waals surface area contributed by atoms with E-state index < -0.39 is 65.5 Å². The van der Waals surface area contributed by atoms with E-state index >= 15 is 0 Å². The molecular formula is C31H45F3N4O8S. The first-order chi connectivity index (χ1) is 21.9. The van der Waals surface area contributed by atoms with Crippen LogP contribution in [0.5, 0.6) is 5.75 Å². The number of carbonyl (C=O) groups is 2. The summed E-state index contributed by atoms with van der Waals surface area (Å²) in [7, 11) is -2.57. The fourth-order valence-corrected chi connectivity index (χ4v) is 6.76. The molecular weight excluding hydrogens is 645 g/mol. The number of ether oxygens (including phenoxy) is 2. The molecule has 1 aromatic heterocycles. The van der Waals surface area contributed by atoms with Crippen LogP contribution in [-0.2, 0) is 19.6 Å². The van der Waals surface area contributed by atoms with Crippen molar-refractivity contribution in [2.24, 2.45) is 5.92 Å². The summed E-state index contributed by atoms with van der Waals surface area (Å²) in [5.74, 6) is -1.48. The molecule has 0 saturated heterocycles. The number of halogens is 3. The first kappa shape index (κ1) is 38.2. The highest BCUT2D eigenvalue weighted by Crippen LogP contribution is 2.30. The van der Waals surface area contributed by atoms with Gasteiger partial charge in [0.1, 0.15) is 16.3 Å². The maximum atomic E-state index is 14.2. The number of carbonyl (C=O) groups excluding carboxylic acids is 2. The summed E-state index contributed by atoms with van der Waals surface area (Å²) in [5.41, 5.74) is 0.387. The molecule has 0 bridgehead atoms. The molecule has 2 heterocycles. The van der Waals surface area contributed by atoms with Crippen LogP contribution < -0.4 is 10.1 Å². The molecule has 0 unspecified atom stereocenters. The van der Waals surface area contributed by atoms with E-state index in [-0.39, 0.29) is 52.5 Å². The molecule has 0 spiro atoms. The van der Waals surface area contributed by atoms with Gasteiger partial charge in [-0.1, -0.05) is 12.1 Å². The van der Waals surface area contributed by atoms with Crippen LogP contribution in [0.2, 0.25) is 0 Å². The average molecular weight is 691 g/mol. The number of amides is 2. The predicted octanol–water partition coefficient (Wildman–Crippen LogP) is 4.69. The lowest BCUT2D eigenvalue weighted by Crippen LogP contribution is -2.48. The van der Waals surface area contributed by atoms with Gasteiger partial charge in [0.25, 0.3) is 5.91 Å². The molecule has 2 N–H and O–H groups in total. The van der Waals surface area contributed by atoms with Crippen molar-refractivity contribution in [2.45, 2.75) is 96.0 Å². The van der Waals surface area contributed by atoms with Crippen molar-refractivity contribution in [3.63, 3.8) is 0 Å². The molecule has 3 rings (SSSR count). The minimum Gasteiger partial charge on any atom is -0.490 e. The number of hydrogen-bond acceptors (Lipinski definition) is 9. The lowest BCUT2D eigenvalue weighted by Gasteiger charge is -2.35. The molecule has 1 aromatic carbocycles. The monoisotopic (exact) mass is 690 g/mol. The molecule has 1 aliphatic rings. The van der Waals surface area contributed by atoms with Gasteiger partial charge in [-0.15, -0.1) is 0 Å². The van der Waals surface area contributed by atoms with Crippen molar-refractivity contribution in [1.82, 2.24) is 14.4 Å². The number of nitrogens with zero attached hydrogens (tertiary/aromatic N) is 3. The normalized spacial score (nSPS) is 21.1. The van der Waals surface area contributed by atoms with E-state index in [1.165, 1.54) is 41.4 Å². The first-order valence-electron chi connectivity index (χ1n) is 15.5. The number of hydrogen-bond donors (Lipinski definition) is 2. The molecule has 4 atom stereocenters. The molecule has 47 heavy (non-hydrogen) atoms. The zero-order valence-corrected chi connectivity index (χ0v) is 28.4. The largest absolute Gasteiger partial charge is 0.490 e. The molecule has 16 heteroatoms. The van der Waals surface area contributed by atoms with Crippen LogP contribution >= 0.6 is 0 Å². The van der Waals surface area contributed by atoms with Gasteiger partial charge in [-0.2, -0.15) is 17.5 Å². The van der Waals surface area contributed by atoms with Gasteiger partial charge in [0, 0.05) is 44.8 Å². The van der Waals surface area contributed by atoms with Crippen molar-refractivity contribution < 1.29 is 50.3 Å². The van der Waals surface area contributed by atoms with E-state index in [9.17, 15) is 36.3 Å². The van der Waals surface area contributed by atoms with Gasteiger partial charge in [0.15, 0.2) is 5.76 Å². The number of sulfonamides is 1. The molecule has 2 aromatic rings. The minimum absolute atomic E-state index is 0.0221. The van der Waals surface area contributed by atoms with E-state index in [1.54, 1.807) is 13.8 Å². The average Bonchev–Trinajstić information content (AvgIpc) is 3.35. The number of aliphatic hydroxyl groups is 1. The second kappa shape index (κ2) is 16.3. The van der Waals surface area contributed by atoms with Crippen molar-refractivity contribution in [3.05, 3.63) is 35.2 Å². The number of rotatable bonds is 9. The molecule has 0 radical (unpaired) electrons. The molecule has 0 fully saturated rings. The number of aromatic nitrogens is 1. The van der Waals surface area contributed by atoms with Crippen LogP contribution in [-0.4, -0.2) is 97.5 Å². The van der Waals surface area contributed by atoms with Gasteiger partial charge in [-0.3, -0.25) is 9.59 Å². The highest BCUT2D eigenvalue weighted by atomic mass is 32.2. The minimum atomic E-state index is -4.50. The zero-order chi connectivity index (χ0) is 35.1. The van der Waals surface area contributed by atoms with Gasteiger partial charge >= 0.3 is 6.18 Å². The Morgan fingerprint density at radius 3 is 2.55 bits per heavy atom. The lowest BCUT2D eigenvalue weighted by molar-refractivity contribution is -0.142. The highest BCUT2D eigenvalue weighted by molar-refractivity contribution is 7.89. The maximum Gasteiger partial charge on any atom is 0.389 e. The number of aryl methyl sites for hydroxylation is 2. The van der Waals surface area contributed by atoms with Crippen LogP contribution in [0.15, 0.2) is 27.6 Å². The fraction of sp³-hybridized carbons (Fsp3) is 0.645. The van der Waals surface area contributed by atoms with Crippen molar-refractivity contribution in [2.75, 3.05) is 38.7 Å². The van der Waals surface area contributed by atoms with Gasteiger partial charge in [-0.25, -0.2) is 8.42 Å². The van der Waals surface area contributed by atoms with E-state index in [2.05, 4.69) is 10.5 Å². The van der Waals surface area contributed by atoms with E-state index in [0.29, 0.717) is 25.9 Å². The first-order valence-corrected chi connectivity index (χ1v) is 17.0. The number of likely N-dealkylation sites (N-methyl/N-ethyl adjacent to an activating group) is 1. The van der Waals surface area contributed by atoms with Gasteiger partial charge < -0.3 is 29.3 Å². The van der Waals surface area contributed by atoms with Crippen molar-refractivity contribution >= 4 is 27.5 Å². The Bertz CT molecular complexity index is 1460. The number of alkyl halides is 3. The summed E-state index contributed by atoms with van der Waals surface area (Å²) in [5, 5.41) is 16.3. The Morgan fingerprint density at radius 1 is 1.23 bits per heavy atom. The standard InChI is InChI=1S/C31H45F3N4O8S/c1-19-16-38(20(2)18-39)30(41)25-15-24(35-28(40)12-13-31(32,33)34)10-11-26(25)45-21(3)9-7-8-14-44-27(19)17-37(6)47(42,43)29-22(4)36-46-23(29)5/h10-11,15,19-21,27,39H,7-9,12-14,16-18H2,1-6H3,(H,35,40)/t19-,20-,21+,27+/m0/s1. The smallest absolute Gasteiger partial charge is 0.389 e. The summed E-state index contributed by atoms with van der Waals surface area (Å²) >= 11 is 0. The Kier molecular flexibility index (Phi) is 13.2. The van der Waals surface area contributed by atoms with Crippen LogP contribution in [0.4, 0.5) is 18.9 Å². The molecule has 12 nitrogen and oxygen atoms in total. The van der Waals surface area contributed by atoms with Crippen LogP contribution in [0.1, 0.15) is 74.7 Å². The summed E-state index contributed by atoms with van der Waals surface area (Å²) in [6.07, 6.45) is -5.60. The second-order valence-corrected chi connectivity index (χ2v) is 14.1. The third-order valence-electron chi connectivity index (χ3n) is 8.04. The molecule has 1 aliphatic heterocycles. The zero-order valence-electron chi connectivity index (χ0n) is 27.6. The van der Waals surface area contributed by atoms with E-state index in [1.807, 2.05) is 13.8 Å². The molecule has 2 amide bonds. The van der Waals surface area contributed by atoms with Gasteiger partial charge in [0.2, 0.25) is 15.9 Å². The van der Waals surface area contributed by atoms with Crippen LogP contribution in [0, 0.1) is 19.8 Å². The van der Waals surface area contributed by atoms with Crippen molar-refractivity contribution in [3.8, 4) is 5.75 Å². The third kappa shape index (κ3) is 10.4. The fourth-order valence-electron chi connectivity index (χ4n) is 5.29. The molecule has 0 saturated carbocycles. The summed E-state index contributed by atoms with van der Waals surface area (Å²) < 4.78 is 83.6. The predicted molar refractivity (Wildman–Crippen MR) is 167 cm³/mol. The van der Waals surface area contributed by atoms with Crippen LogP contribution in [0.25, 0.3) is 0 Å². The number of aliphatic hydroxyl groups excluding tert-OH is 1. The van der Waals surface area contributed by atoms with Crippen LogP contribution in [0.3, 0.4) is 0 Å². The summed E-state index contributed by atoms with van der Waals surface area (Å²) in [6, 6.07) is 3.59. The topological polar surface area (TPSA) is 152 Å². The Hall–Kier alpha value is -3.21. The summed E-state index contributed by atoms with van der Waals surface area (Å²) in [6.45, 7) is 8.28. The third-order valence-corrected chi connectivity index (χ3v) is 10.1. The number of benzene rings is 1. The maximum absolute atomic E-state index is 14.2. The molecule has 264 valence electrons. The highest BCUT2D eigenvalue weighted by Gasteiger charge is 2.34. The number of anilines is 1. The Morgan fingerprint density at radius 2 is 1.94 bits per heavy atom. The van der Waals surface area contributed by atoms with Crippen molar-refractivity contribution in [1.29, 1.82) is 0 Å². The Balaban J connectivity index is 1.95. The SMILES string of the molecule is Cc1noc(C)c1S(=O)(=O)N(C)C[C@H]1OCCCC[C@@H](C)Oc2ccc(NC(=O)CCC(F)(F)F)cc2C(=O)N([C@@H](C)CO)C[C@@H]1C. The Labute approximate surface area is 273 Å². The van der Waals surface area contributed by atoms with E-state index in [0.717, 1.165) is 0 Å². The quantitative estimate of drug-likeness (QED) is 0.382. The number of fused-ring (bicyclic) bond motifs is 1. The lowest BCUT2D eigenvalue weighted by atomic mass is 10.0.